The first-order valence-corrected chi connectivity index (χ1v) is 12.8. The summed E-state index contributed by atoms with van der Waals surface area (Å²) in [7, 11) is 1.70. The normalized spacial score (nSPS) is 22.4. The zero-order valence-electron chi connectivity index (χ0n) is 20.8. The van der Waals surface area contributed by atoms with Gasteiger partial charge in [0.2, 0.25) is 5.95 Å². The summed E-state index contributed by atoms with van der Waals surface area (Å²) in [6.45, 7) is 7.20. The number of methoxy groups -OCH3 is 1. The van der Waals surface area contributed by atoms with E-state index in [9.17, 15) is 5.11 Å². The number of nitrogens with one attached hydrogen (secondary N) is 1. The van der Waals surface area contributed by atoms with Gasteiger partial charge in [0, 0.05) is 50.0 Å². The van der Waals surface area contributed by atoms with Crippen LogP contribution in [0.4, 0.5) is 5.95 Å². The third kappa shape index (κ3) is 5.67. The summed E-state index contributed by atoms with van der Waals surface area (Å²) < 4.78 is 12.8. The molecule has 188 valence electrons. The van der Waals surface area contributed by atoms with Crippen molar-refractivity contribution in [2.24, 2.45) is 0 Å². The van der Waals surface area contributed by atoms with Crippen molar-refractivity contribution < 1.29 is 14.6 Å². The van der Waals surface area contributed by atoms with E-state index < -0.39 is 0 Å². The fraction of sp³-hybridized carbons (Fsp3) is 0.556. The van der Waals surface area contributed by atoms with Crippen molar-refractivity contribution >= 4 is 11.5 Å². The van der Waals surface area contributed by atoms with Crippen LogP contribution in [0.1, 0.15) is 49.8 Å². The van der Waals surface area contributed by atoms with E-state index >= 15 is 0 Å². The average molecular weight is 480 g/mol. The number of hydrogen-bond donors (Lipinski definition) is 2. The molecular formula is C27H37N5O3. The molecule has 3 heterocycles. The number of ether oxygens (including phenoxy) is 2. The van der Waals surface area contributed by atoms with Gasteiger partial charge in [-0.25, -0.2) is 9.50 Å². The highest BCUT2D eigenvalue weighted by atomic mass is 16.5. The fourth-order valence-corrected chi connectivity index (χ4v) is 5.29. The second-order valence-electron chi connectivity index (χ2n) is 9.95. The van der Waals surface area contributed by atoms with Crippen molar-refractivity contribution in [1.82, 2.24) is 19.5 Å². The van der Waals surface area contributed by atoms with E-state index in [0.29, 0.717) is 18.5 Å². The highest BCUT2D eigenvalue weighted by Gasteiger charge is 2.25. The summed E-state index contributed by atoms with van der Waals surface area (Å²) in [5, 5.41) is 18.3. The smallest absolute Gasteiger partial charge is 0.241 e. The predicted molar refractivity (Wildman–Crippen MR) is 137 cm³/mol. The number of morpholine rings is 1. The van der Waals surface area contributed by atoms with Crippen molar-refractivity contribution in [3.8, 4) is 11.1 Å². The monoisotopic (exact) mass is 479 g/mol. The second-order valence-corrected chi connectivity index (χ2v) is 9.95. The number of rotatable bonds is 8. The van der Waals surface area contributed by atoms with Gasteiger partial charge >= 0.3 is 0 Å². The van der Waals surface area contributed by atoms with Gasteiger partial charge in [-0.3, -0.25) is 4.90 Å². The molecule has 0 spiro atoms. The molecule has 2 aromatic heterocycles. The molecule has 3 aromatic rings. The Labute approximate surface area is 207 Å². The van der Waals surface area contributed by atoms with Crippen molar-refractivity contribution in [2.75, 3.05) is 45.3 Å². The number of aromatic nitrogens is 3. The molecule has 5 rings (SSSR count). The molecule has 0 unspecified atom stereocenters. The molecule has 8 heteroatoms. The lowest BCUT2D eigenvalue weighted by Gasteiger charge is -2.26. The molecule has 2 N–H and O–H groups in total. The summed E-state index contributed by atoms with van der Waals surface area (Å²) >= 11 is 0. The van der Waals surface area contributed by atoms with Crippen molar-refractivity contribution in [3.05, 3.63) is 47.8 Å². The Morgan fingerprint density at radius 3 is 2.60 bits per heavy atom. The SMILES string of the molecule is COC[C@H](C)Nc1ncc2c(-c3ccc(CN4CCOCC4)cc3)cc([C@H]3CC[C@@H](O)CC3)n2n1. The lowest BCUT2D eigenvalue weighted by molar-refractivity contribution is 0.0342. The van der Waals surface area contributed by atoms with Gasteiger partial charge in [0.25, 0.3) is 0 Å². The Bertz CT molecular complexity index is 1100. The van der Waals surface area contributed by atoms with Crippen LogP contribution in [0.5, 0.6) is 0 Å². The Morgan fingerprint density at radius 2 is 1.89 bits per heavy atom. The van der Waals surface area contributed by atoms with Crippen LogP contribution in [-0.4, -0.2) is 76.8 Å². The summed E-state index contributed by atoms with van der Waals surface area (Å²) in [4.78, 5) is 7.06. The first kappa shape index (κ1) is 24.2. The van der Waals surface area contributed by atoms with E-state index in [1.165, 1.54) is 16.8 Å². The molecule has 2 fully saturated rings. The van der Waals surface area contributed by atoms with Gasteiger partial charge in [0.15, 0.2) is 0 Å². The zero-order chi connectivity index (χ0) is 24.2. The van der Waals surface area contributed by atoms with Crippen LogP contribution in [0.2, 0.25) is 0 Å². The Morgan fingerprint density at radius 1 is 1.14 bits per heavy atom. The van der Waals surface area contributed by atoms with Crippen LogP contribution in [0.3, 0.4) is 0 Å². The number of nitrogens with zero attached hydrogens (tertiary/aromatic N) is 4. The quantitative estimate of drug-likeness (QED) is 0.510. The maximum atomic E-state index is 10.0. The van der Waals surface area contributed by atoms with E-state index in [0.717, 1.165) is 69.6 Å². The molecule has 0 bridgehead atoms. The van der Waals surface area contributed by atoms with Crippen LogP contribution in [0.15, 0.2) is 36.5 Å². The summed E-state index contributed by atoms with van der Waals surface area (Å²) in [6.07, 6.45) is 5.36. The van der Waals surface area contributed by atoms with E-state index in [-0.39, 0.29) is 12.1 Å². The van der Waals surface area contributed by atoms with Gasteiger partial charge in [-0.15, -0.1) is 5.10 Å². The summed E-state index contributed by atoms with van der Waals surface area (Å²) in [6, 6.07) is 11.3. The summed E-state index contributed by atoms with van der Waals surface area (Å²) in [5.74, 6) is 0.974. The third-order valence-electron chi connectivity index (χ3n) is 7.23. The van der Waals surface area contributed by atoms with Crippen LogP contribution >= 0.6 is 0 Å². The molecule has 35 heavy (non-hydrogen) atoms. The van der Waals surface area contributed by atoms with Gasteiger partial charge in [-0.2, -0.15) is 0 Å². The highest BCUT2D eigenvalue weighted by molar-refractivity contribution is 5.81. The molecule has 1 saturated carbocycles. The van der Waals surface area contributed by atoms with Gasteiger partial charge in [-0.1, -0.05) is 24.3 Å². The molecule has 1 aromatic carbocycles. The maximum absolute atomic E-state index is 10.0. The Kier molecular flexibility index (Phi) is 7.63. The van der Waals surface area contributed by atoms with Gasteiger partial charge in [-0.05, 0) is 49.8 Å². The lowest BCUT2D eigenvalue weighted by Crippen LogP contribution is -2.35. The van der Waals surface area contributed by atoms with Crippen molar-refractivity contribution in [2.45, 2.75) is 57.2 Å². The zero-order valence-corrected chi connectivity index (χ0v) is 20.8. The maximum Gasteiger partial charge on any atom is 0.241 e. The minimum atomic E-state index is -0.183. The van der Waals surface area contributed by atoms with Crippen LogP contribution < -0.4 is 5.32 Å². The molecule has 2 aliphatic rings. The minimum absolute atomic E-state index is 0.111. The molecule has 1 aliphatic carbocycles. The third-order valence-corrected chi connectivity index (χ3v) is 7.23. The number of aliphatic hydroxyl groups excluding tert-OH is 1. The fourth-order valence-electron chi connectivity index (χ4n) is 5.29. The largest absolute Gasteiger partial charge is 0.393 e. The lowest BCUT2D eigenvalue weighted by atomic mass is 9.85. The summed E-state index contributed by atoms with van der Waals surface area (Å²) in [5.41, 5.74) is 5.85. The van der Waals surface area contributed by atoms with Crippen molar-refractivity contribution in [3.63, 3.8) is 0 Å². The van der Waals surface area contributed by atoms with Gasteiger partial charge in [0.1, 0.15) is 0 Å². The van der Waals surface area contributed by atoms with E-state index in [4.69, 9.17) is 14.6 Å². The minimum Gasteiger partial charge on any atom is -0.393 e. The molecule has 0 amide bonds. The molecule has 8 nitrogen and oxygen atoms in total. The second kappa shape index (κ2) is 11.0. The topological polar surface area (TPSA) is 84.2 Å². The van der Waals surface area contributed by atoms with Gasteiger partial charge in [0.05, 0.1) is 37.6 Å². The molecule has 1 atom stereocenters. The van der Waals surface area contributed by atoms with E-state index in [1.54, 1.807) is 7.11 Å². The highest BCUT2D eigenvalue weighted by Crippen LogP contribution is 2.37. The van der Waals surface area contributed by atoms with Crippen molar-refractivity contribution in [1.29, 1.82) is 0 Å². The van der Waals surface area contributed by atoms with Crippen LogP contribution in [0.25, 0.3) is 16.6 Å². The Hall–Kier alpha value is -2.52. The molecule has 1 saturated heterocycles. The van der Waals surface area contributed by atoms with E-state index in [2.05, 4.69) is 57.0 Å². The van der Waals surface area contributed by atoms with Gasteiger partial charge < -0.3 is 19.9 Å². The number of aliphatic hydroxyl groups is 1. The number of hydrogen-bond acceptors (Lipinski definition) is 7. The number of anilines is 1. The van der Waals surface area contributed by atoms with E-state index in [1.807, 2.05) is 6.20 Å². The molecular weight excluding hydrogens is 442 g/mol. The number of benzene rings is 1. The van der Waals surface area contributed by atoms with Crippen LogP contribution in [0, 0.1) is 0 Å². The average Bonchev–Trinajstić information content (AvgIpc) is 3.24. The Balaban J connectivity index is 1.45. The first-order chi connectivity index (χ1) is 17.1. The molecule has 1 aliphatic heterocycles. The molecule has 0 radical (unpaired) electrons. The number of fused-ring (bicyclic) bond motifs is 1. The first-order valence-electron chi connectivity index (χ1n) is 12.8. The predicted octanol–water partition coefficient (Wildman–Crippen LogP) is 3.69. The standard InChI is InChI=1S/C27H37N5O3/c1-19(18-34-2)29-27-28-16-26-24(15-25(32(26)30-27)22-7-9-23(33)10-8-22)21-5-3-20(4-6-21)17-31-11-13-35-14-12-31/h3-6,15-16,19,22-23,33H,7-14,17-18H2,1-2H3,(H,29,30)/t19-,22-,23+/m0/s1. The van der Waals surface area contributed by atoms with Crippen LogP contribution in [-0.2, 0) is 16.0 Å².